The van der Waals surface area contributed by atoms with Gasteiger partial charge in [-0.25, -0.2) is 0 Å². The minimum atomic E-state index is -0.478. The van der Waals surface area contributed by atoms with Gasteiger partial charge in [-0.15, -0.1) is 0 Å². The molecule has 0 spiro atoms. The first-order valence-corrected chi connectivity index (χ1v) is 7.67. The summed E-state index contributed by atoms with van der Waals surface area (Å²) in [5.41, 5.74) is 4.86. The van der Waals surface area contributed by atoms with Crippen molar-refractivity contribution in [3.05, 3.63) is 58.7 Å². The van der Waals surface area contributed by atoms with Crippen LogP contribution < -0.4 is 0 Å². The van der Waals surface area contributed by atoms with Crippen LogP contribution >= 0.6 is 11.8 Å². The highest BCUT2D eigenvalue weighted by Gasteiger charge is 2.27. The van der Waals surface area contributed by atoms with Crippen molar-refractivity contribution in [3.63, 3.8) is 0 Å². The highest BCUT2D eigenvalue weighted by Crippen LogP contribution is 2.46. The van der Waals surface area contributed by atoms with Crippen LogP contribution in [0.5, 0.6) is 0 Å². The molecule has 1 unspecified atom stereocenters. The normalized spacial score (nSPS) is 16.9. The Morgan fingerprint density at radius 3 is 2.53 bits per heavy atom. The summed E-state index contributed by atoms with van der Waals surface area (Å²) in [6.45, 7) is 4.35. The van der Waals surface area contributed by atoms with Crippen LogP contribution in [0, 0.1) is 0 Å². The van der Waals surface area contributed by atoms with E-state index in [2.05, 4.69) is 32.0 Å². The molecule has 1 aliphatic heterocycles. The lowest BCUT2D eigenvalue weighted by molar-refractivity contribution is 0.212. The van der Waals surface area contributed by atoms with Gasteiger partial charge in [0, 0.05) is 15.4 Å². The van der Waals surface area contributed by atoms with Crippen LogP contribution in [-0.4, -0.2) is 5.11 Å². The second-order valence-corrected chi connectivity index (χ2v) is 5.95. The average Bonchev–Trinajstić information content (AvgIpc) is 2.46. The van der Waals surface area contributed by atoms with Crippen LogP contribution in [0.3, 0.4) is 0 Å². The van der Waals surface area contributed by atoms with Gasteiger partial charge < -0.3 is 5.11 Å². The second kappa shape index (κ2) is 5.03. The lowest BCUT2D eigenvalue weighted by atomic mass is 9.90. The monoisotopic (exact) mass is 270 g/mol. The van der Waals surface area contributed by atoms with E-state index in [0.29, 0.717) is 0 Å². The highest BCUT2D eigenvalue weighted by atomic mass is 32.2. The maximum absolute atomic E-state index is 10.7. The molecule has 0 saturated carbocycles. The molecule has 0 radical (unpaired) electrons. The molecular weight excluding hydrogens is 252 g/mol. The summed E-state index contributed by atoms with van der Waals surface area (Å²) in [5, 5.41) is 10.7. The minimum absolute atomic E-state index is 0.478. The number of aryl methyl sites for hydroxylation is 1. The number of hydrogen-bond acceptors (Lipinski definition) is 2. The Morgan fingerprint density at radius 1 is 1.00 bits per heavy atom. The van der Waals surface area contributed by atoms with Crippen molar-refractivity contribution in [1.29, 1.82) is 0 Å². The summed E-state index contributed by atoms with van der Waals surface area (Å²) in [6.07, 6.45) is 1.52. The zero-order valence-corrected chi connectivity index (χ0v) is 12.1. The predicted molar refractivity (Wildman–Crippen MR) is 79.8 cm³/mol. The van der Waals surface area contributed by atoms with Gasteiger partial charge in [0.05, 0.1) is 0 Å². The van der Waals surface area contributed by atoms with Crippen molar-refractivity contribution in [2.24, 2.45) is 0 Å². The Labute approximate surface area is 118 Å². The third-order valence-corrected chi connectivity index (χ3v) is 5.02. The summed E-state index contributed by atoms with van der Waals surface area (Å²) in [6, 6.07) is 12.5. The number of aliphatic hydroxyl groups is 1. The van der Waals surface area contributed by atoms with Crippen molar-refractivity contribution in [2.75, 3.05) is 0 Å². The molecule has 0 saturated heterocycles. The summed E-state index contributed by atoms with van der Waals surface area (Å²) in [7, 11) is 0. The van der Waals surface area contributed by atoms with Gasteiger partial charge in [0.2, 0.25) is 0 Å². The molecule has 1 aliphatic rings. The molecule has 1 atom stereocenters. The SMILES string of the molecule is CCc1ccc2c(c1CC)C(O)c1ccccc1S2. The zero-order valence-electron chi connectivity index (χ0n) is 11.3. The standard InChI is InChI=1S/C17H18OS/c1-3-11-9-10-15-16(12(11)4-2)17(18)13-7-5-6-8-14(13)19-15/h5-10,17-18H,3-4H2,1-2H3. The van der Waals surface area contributed by atoms with Crippen molar-refractivity contribution in [3.8, 4) is 0 Å². The Morgan fingerprint density at radius 2 is 1.79 bits per heavy atom. The number of aliphatic hydroxyl groups excluding tert-OH is 1. The van der Waals surface area contributed by atoms with E-state index >= 15 is 0 Å². The van der Waals surface area contributed by atoms with Gasteiger partial charge in [-0.05, 0) is 41.7 Å². The molecule has 2 heteroatoms. The maximum atomic E-state index is 10.7. The van der Waals surface area contributed by atoms with E-state index in [1.165, 1.54) is 20.9 Å². The van der Waals surface area contributed by atoms with E-state index in [9.17, 15) is 5.11 Å². The Balaban J connectivity index is 2.21. The van der Waals surface area contributed by atoms with Crippen LogP contribution in [0.2, 0.25) is 0 Å². The topological polar surface area (TPSA) is 20.2 Å². The van der Waals surface area contributed by atoms with Gasteiger partial charge >= 0.3 is 0 Å². The molecule has 0 aliphatic carbocycles. The molecule has 3 rings (SSSR count). The van der Waals surface area contributed by atoms with E-state index in [0.717, 1.165) is 24.0 Å². The van der Waals surface area contributed by atoms with Crippen molar-refractivity contribution >= 4 is 11.8 Å². The van der Waals surface area contributed by atoms with E-state index < -0.39 is 6.10 Å². The zero-order chi connectivity index (χ0) is 13.4. The fraction of sp³-hybridized carbons (Fsp3) is 0.294. The summed E-state index contributed by atoms with van der Waals surface area (Å²) in [4.78, 5) is 2.38. The van der Waals surface area contributed by atoms with Crippen LogP contribution in [-0.2, 0) is 12.8 Å². The number of hydrogen-bond donors (Lipinski definition) is 1. The first kappa shape index (κ1) is 12.8. The number of rotatable bonds is 2. The smallest absolute Gasteiger partial charge is 0.107 e. The lowest BCUT2D eigenvalue weighted by Gasteiger charge is -2.27. The summed E-state index contributed by atoms with van der Waals surface area (Å²) >= 11 is 1.77. The van der Waals surface area contributed by atoms with E-state index in [4.69, 9.17) is 0 Å². The molecule has 0 aromatic heterocycles. The van der Waals surface area contributed by atoms with Gasteiger partial charge in [-0.2, -0.15) is 0 Å². The van der Waals surface area contributed by atoms with Crippen LogP contribution in [0.15, 0.2) is 46.2 Å². The first-order chi connectivity index (χ1) is 9.26. The molecule has 0 bridgehead atoms. The number of fused-ring (bicyclic) bond motifs is 2. The predicted octanol–water partition coefficient (Wildman–Crippen LogP) is 4.36. The molecule has 98 valence electrons. The Kier molecular flexibility index (Phi) is 3.38. The molecule has 2 aromatic rings. The summed E-state index contributed by atoms with van der Waals surface area (Å²) < 4.78 is 0. The molecule has 2 aromatic carbocycles. The van der Waals surface area contributed by atoms with E-state index in [1.807, 2.05) is 18.2 Å². The van der Waals surface area contributed by atoms with E-state index in [1.54, 1.807) is 11.8 Å². The molecule has 1 heterocycles. The van der Waals surface area contributed by atoms with Gasteiger partial charge in [-0.3, -0.25) is 0 Å². The molecule has 1 N–H and O–H groups in total. The Hall–Kier alpha value is -1.25. The number of benzene rings is 2. The third-order valence-electron chi connectivity index (χ3n) is 3.86. The molecular formula is C17H18OS. The fourth-order valence-corrected chi connectivity index (χ4v) is 4.06. The maximum Gasteiger partial charge on any atom is 0.107 e. The van der Waals surface area contributed by atoms with Gasteiger partial charge in [-0.1, -0.05) is 49.9 Å². The molecule has 0 fully saturated rings. The van der Waals surface area contributed by atoms with Gasteiger partial charge in [0.1, 0.15) is 6.10 Å². The Bertz CT molecular complexity index is 619. The molecule has 19 heavy (non-hydrogen) atoms. The van der Waals surface area contributed by atoms with Crippen molar-refractivity contribution < 1.29 is 5.11 Å². The first-order valence-electron chi connectivity index (χ1n) is 6.85. The quantitative estimate of drug-likeness (QED) is 0.875. The van der Waals surface area contributed by atoms with Gasteiger partial charge in [0.15, 0.2) is 0 Å². The van der Waals surface area contributed by atoms with E-state index in [-0.39, 0.29) is 0 Å². The van der Waals surface area contributed by atoms with Crippen LogP contribution in [0.25, 0.3) is 0 Å². The summed E-state index contributed by atoms with van der Waals surface area (Å²) in [5.74, 6) is 0. The van der Waals surface area contributed by atoms with Gasteiger partial charge in [0.25, 0.3) is 0 Å². The van der Waals surface area contributed by atoms with Crippen LogP contribution in [0.4, 0.5) is 0 Å². The highest BCUT2D eigenvalue weighted by molar-refractivity contribution is 7.99. The van der Waals surface area contributed by atoms with Crippen molar-refractivity contribution in [2.45, 2.75) is 42.6 Å². The van der Waals surface area contributed by atoms with Crippen molar-refractivity contribution in [1.82, 2.24) is 0 Å². The fourth-order valence-electron chi connectivity index (χ4n) is 2.90. The second-order valence-electron chi connectivity index (χ2n) is 4.86. The largest absolute Gasteiger partial charge is 0.384 e. The lowest BCUT2D eigenvalue weighted by Crippen LogP contribution is -2.12. The third kappa shape index (κ3) is 1.99. The average molecular weight is 270 g/mol. The molecule has 0 amide bonds. The minimum Gasteiger partial charge on any atom is -0.384 e. The molecule has 1 nitrogen and oxygen atoms in total. The van der Waals surface area contributed by atoms with Crippen LogP contribution in [0.1, 0.15) is 42.2 Å².